The molecule has 0 amide bonds. The number of ether oxygens (including phenoxy) is 1. The van der Waals surface area contributed by atoms with Gasteiger partial charge in [-0.25, -0.2) is 4.72 Å². The van der Waals surface area contributed by atoms with Crippen LogP contribution in [0.25, 0.3) is 0 Å². The van der Waals surface area contributed by atoms with Crippen molar-refractivity contribution < 1.29 is 23.1 Å². The van der Waals surface area contributed by atoms with E-state index in [2.05, 4.69) is 4.72 Å². The Morgan fingerprint density at radius 3 is 2.59 bits per heavy atom. The zero-order chi connectivity index (χ0) is 13.3. The second-order valence-corrected chi connectivity index (χ2v) is 5.43. The fraction of sp³-hybridized carbons (Fsp3) is 0.889. The first-order valence-corrected chi connectivity index (χ1v) is 6.76. The lowest BCUT2D eigenvalue weighted by Gasteiger charge is -2.16. The number of nitrogens with zero attached hydrogens (tertiary/aromatic N) is 1. The molecule has 0 spiro atoms. The number of methoxy groups -OCH3 is 1. The summed E-state index contributed by atoms with van der Waals surface area (Å²) in [6, 6.07) is 0. The topological polar surface area (TPSA) is 95.9 Å². The van der Waals surface area contributed by atoms with Crippen LogP contribution in [0.5, 0.6) is 0 Å². The van der Waals surface area contributed by atoms with Crippen molar-refractivity contribution in [1.29, 1.82) is 0 Å². The Morgan fingerprint density at radius 1 is 1.41 bits per heavy atom. The van der Waals surface area contributed by atoms with E-state index in [0.717, 1.165) is 10.7 Å². The maximum atomic E-state index is 11.6. The van der Waals surface area contributed by atoms with E-state index in [1.165, 1.54) is 7.05 Å². The van der Waals surface area contributed by atoms with E-state index in [1.54, 1.807) is 7.11 Å². The van der Waals surface area contributed by atoms with Crippen molar-refractivity contribution in [3.05, 3.63) is 0 Å². The highest BCUT2D eigenvalue weighted by Crippen LogP contribution is 1.97. The van der Waals surface area contributed by atoms with Gasteiger partial charge < -0.3 is 9.84 Å². The van der Waals surface area contributed by atoms with Gasteiger partial charge in [-0.1, -0.05) is 0 Å². The van der Waals surface area contributed by atoms with Gasteiger partial charge in [-0.15, -0.1) is 0 Å². The number of unbranched alkanes of at least 4 members (excludes halogenated alkanes) is 1. The number of nitrogens with one attached hydrogen (secondary N) is 1. The third kappa shape index (κ3) is 8.08. The van der Waals surface area contributed by atoms with Gasteiger partial charge in [0.05, 0.1) is 6.42 Å². The fourth-order valence-corrected chi connectivity index (χ4v) is 2.01. The van der Waals surface area contributed by atoms with Gasteiger partial charge in [0, 0.05) is 33.9 Å². The van der Waals surface area contributed by atoms with Crippen LogP contribution in [-0.2, 0) is 19.7 Å². The van der Waals surface area contributed by atoms with Crippen molar-refractivity contribution in [2.45, 2.75) is 19.3 Å². The maximum Gasteiger partial charge on any atom is 0.304 e. The van der Waals surface area contributed by atoms with E-state index in [0.29, 0.717) is 19.6 Å². The zero-order valence-corrected chi connectivity index (χ0v) is 11.0. The molecule has 102 valence electrons. The summed E-state index contributed by atoms with van der Waals surface area (Å²) in [7, 11) is -0.629. The molecule has 0 aliphatic heterocycles. The highest BCUT2D eigenvalue weighted by Gasteiger charge is 2.17. The van der Waals surface area contributed by atoms with E-state index in [9.17, 15) is 13.2 Å². The Kier molecular flexibility index (Phi) is 8.05. The summed E-state index contributed by atoms with van der Waals surface area (Å²) in [5.74, 6) is -1.02. The number of aliphatic carboxylic acids is 1. The Hall–Kier alpha value is -0.700. The average molecular weight is 268 g/mol. The monoisotopic (exact) mass is 268 g/mol. The summed E-state index contributed by atoms with van der Waals surface area (Å²) in [5, 5.41) is 8.45. The molecule has 0 fully saturated rings. The van der Waals surface area contributed by atoms with Gasteiger partial charge in [0.15, 0.2) is 0 Å². The number of carbonyl (C=O) groups is 1. The molecule has 0 bridgehead atoms. The molecule has 0 unspecified atom stereocenters. The quantitative estimate of drug-likeness (QED) is 0.528. The lowest BCUT2D eigenvalue weighted by molar-refractivity contribution is -0.137. The van der Waals surface area contributed by atoms with E-state index in [-0.39, 0.29) is 13.0 Å². The maximum absolute atomic E-state index is 11.6. The highest BCUT2D eigenvalue weighted by atomic mass is 32.2. The summed E-state index contributed by atoms with van der Waals surface area (Å²) in [6.07, 6.45) is 1.25. The zero-order valence-electron chi connectivity index (χ0n) is 10.2. The van der Waals surface area contributed by atoms with Crippen LogP contribution in [0.4, 0.5) is 0 Å². The minimum absolute atomic E-state index is 0.0390. The molecule has 0 aromatic rings. The summed E-state index contributed by atoms with van der Waals surface area (Å²) >= 11 is 0. The average Bonchev–Trinajstić information content (AvgIpc) is 2.25. The first-order chi connectivity index (χ1) is 7.90. The standard InChI is InChI=1S/C9H20N2O5S/c1-11(7-5-9(12)13)17(14,15)10-6-3-4-8-16-2/h10H,3-8H2,1-2H3,(H,12,13). The van der Waals surface area contributed by atoms with Crippen LogP contribution >= 0.6 is 0 Å². The third-order valence-electron chi connectivity index (χ3n) is 2.11. The minimum atomic E-state index is -3.56. The molecule has 0 radical (unpaired) electrons. The summed E-state index contributed by atoms with van der Waals surface area (Å²) in [4.78, 5) is 10.3. The second kappa shape index (κ2) is 8.40. The molecule has 2 N–H and O–H groups in total. The van der Waals surface area contributed by atoms with E-state index >= 15 is 0 Å². The summed E-state index contributed by atoms with van der Waals surface area (Å²) in [6.45, 7) is 0.877. The smallest absolute Gasteiger partial charge is 0.304 e. The normalized spacial score (nSPS) is 11.9. The SMILES string of the molecule is COCCCCNS(=O)(=O)N(C)CCC(=O)O. The number of carboxylic acids is 1. The van der Waals surface area contributed by atoms with Gasteiger partial charge in [-0.3, -0.25) is 4.79 Å². The Morgan fingerprint density at radius 2 is 2.06 bits per heavy atom. The van der Waals surface area contributed by atoms with E-state index in [1.807, 2.05) is 0 Å². The van der Waals surface area contributed by atoms with E-state index < -0.39 is 16.2 Å². The van der Waals surface area contributed by atoms with Gasteiger partial charge >= 0.3 is 5.97 Å². The van der Waals surface area contributed by atoms with Gasteiger partial charge in [0.1, 0.15) is 0 Å². The number of hydrogen-bond acceptors (Lipinski definition) is 4. The van der Waals surface area contributed by atoms with Gasteiger partial charge in [0.25, 0.3) is 10.2 Å². The van der Waals surface area contributed by atoms with Crippen molar-refractivity contribution in [1.82, 2.24) is 9.03 Å². The predicted molar refractivity (Wildman–Crippen MR) is 62.9 cm³/mol. The lowest BCUT2D eigenvalue weighted by Crippen LogP contribution is -2.39. The second-order valence-electron chi connectivity index (χ2n) is 3.56. The van der Waals surface area contributed by atoms with Gasteiger partial charge in [-0.05, 0) is 12.8 Å². The van der Waals surface area contributed by atoms with Crippen molar-refractivity contribution in [3.8, 4) is 0 Å². The number of hydrogen-bond donors (Lipinski definition) is 2. The van der Waals surface area contributed by atoms with Crippen molar-refractivity contribution in [2.24, 2.45) is 0 Å². The molecule has 0 aromatic heterocycles. The third-order valence-corrected chi connectivity index (χ3v) is 3.68. The molecule has 0 aliphatic carbocycles. The van der Waals surface area contributed by atoms with Crippen LogP contribution in [0, 0.1) is 0 Å². The first-order valence-electron chi connectivity index (χ1n) is 5.32. The minimum Gasteiger partial charge on any atom is -0.481 e. The molecule has 0 aliphatic rings. The molecule has 17 heavy (non-hydrogen) atoms. The first kappa shape index (κ1) is 16.3. The van der Waals surface area contributed by atoms with Crippen molar-refractivity contribution in [3.63, 3.8) is 0 Å². The van der Waals surface area contributed by atoms with Gasteiger partial charge in [-0.2, -0.15) is 12.7 Å². The van der Waals surface area contributed by atoms with Crippen LogP contribution in [0.2, 0.25) is 0 Å². The summed E-state index contributed by atoms with van der Waals surface area (Å²) in [5.41, 5.74) is 0. The number of carboxylic acid groups (broad SMARTS) is 1. The largest absolute Gasteiger partial charge is 0.481 e. The Balaban J connectivity index is 3.89. The van der Waals surface area contributed by atoms with Crippen LogP contribution < -0.4 is 4.72 Å². The van der Waals surface area contributed by atoms with Crippen LogP contribution in [0.3, 0.4) is 0 Å². The molecule has 0 rings (SSSR count). The van der Waals surface area contributed by atoms with E-state index in [4.69, 9.17) is 9.84 Å². The molecular weight excluding hydrogens is 248 g/mol. The molecule has 0 saturated heterocycles. The molecule has 0 aromatic carbocycles. The highest BCUT2D eigenvalue weighted by molar-refractivity contribution is 7.87. The Labute approximate surface area is 102 Å². The number of rotatable bonds is 10. The van der Waals surface area contributed by atoms with Crippen LogP contribution in [0.15, 0.2) is 0 Å². The van der Waals surface area contributed by atoms with Crippen LogP contribution in [0.1, 0.15) is 19.3 Å². The molecule has 0 atom stereocenters. The van der Waals surface area contributed by atoms with Gasteiger partial charge in [0.2, 0.25) is 0 Å². The molecular formula is C9H20N2O5S. The Bertz CT molecular complexity index is 317. The summed E-state index contributed by atoms with van der Waals surface area (Å²) < 4.78 is 31.4. The lowest BCUT2D eigenvalue weighted by atomic mass is 10.3. The van der Waals surface area contributed by atoms with Crippen molar-refractivity contribution >= 4 is 16.2 Å². The molecule has 0 saturated carbocycles. The predicted octanol–water partition coefficient (Wildman–Crippen LogP) is -0.346. The fourth-order valence-electron chi connectivity index (χ4n) is 1.06. The molecule has 8 heteroatoms. The molecule has 7 nitrogen and oxygen atoms in total. The van der Waals surface area contributed by atoms with Crippen LogP contribution in [-0.4, -0.2) is 57.7 Å². The molecule has 0 heterocycles. The van der Waals surface area contributed by atoms with Crippen molar-refractivity contribution in [2.75, 3.05) is 33.9 Å².